The zero-order chi connectivity index (χ0) is 9.42. The Morgan fingerprint density at radius 1 is 1.46 bits per heavy atom. The summed E-state index contributed by atoms with van der Waals surface area (Å²) in [7, 11) is 0. The van der Waals surface area contributed by atoms with Crippen molar-refractivity contribution in [1.82, 2.24) is 0 Å². The second-order valence-electron chi connectivity index (χ2n) is 3.88. The van der Waals surface area contributed by atoms with Crippen molar-refractivity contribution in [3.05, 3.63) is 20.8 Å². The van der Waals surface area contributed by atoms with Crippen molar-refractivity contribution in [2.45, 2.75) is 31.7 Å². The molecular formula is C10H14BrNS. The van der Waals surface area contributed by atoms with Crippen molar-refractivity contribution in [1.29, 1.82) is 0 Å². The molecule has 0 bridgehead atoms. The molecule has 3 atom stereocenters. The molecule has 72 valence electrons. The zero-order valence-corrected chi connectivity index (χ0v) is 10.1. The smallest absolute Gasteiger partial charge is 0.0317 e. The van der Waals surface area contributed by atoms with Gasteiger partial charge in [0.2, 0.25) is 0 Å². The van der Waals surface area contributed by atoms with Crippen molar-refractivity contribution < 1.29 is 0 Å². The molecule has 0 aromatic carbocycles. The van der Waals surface area contributed by atoms with Gasteiger partial charge in [-0.1, -0.05) is 6.92 Å². The highest BCUT2D eigenvalue weighted by atomic mass is 79.9. The summed E-state index contributed by atoms with van der Waals surface area (Å²) in [6, 6.07) is 0.400. The lowest BCUT2D eigenvalue weighted by Gasteiger charge is -2.17. The lowest BCUT2D eigenvalue weighted by Crippen LogP contribution is -2.24. The molecule has 3 unspecified atom stereocenters. The van der Waals surface area contributed by atoms with Gasteiger partial charge in [-0.2, -0.15) is 11.3 Å². The summed E-state index contributed by atoms with van der Waals surface area (Å²) in [6.07, 6.45) is 2.42. The lowest BCUT2D eigenvalue weighted by atomic mass is 9.91. The molecule has 2 rings (SSSR count). The zero-order valence-electron chi connectivity index (χ0n) is 7.66. The highest BCUT2D eigenvalue weighted by Crippen LogP contribution is 2.42. The van der Waals surface area contributed by atoms with Crippen LogP contribution < -0.4 is 5.73 Å². The average molecular weight is 260 g/mol. The molecule has 0 spiro atoms. The SMILES string of the molecule is CC1C(N)CCC1c1cscc1Br. The van der Waals surface area contributed by atoms with E-state index in [4.69, 9.17) is 5.73 Å². The molecular weight excluding hydrogens is 246 g/mol. The molecule has 13 heavy (non-hydrogen) atoms. The van der Waals surface area contributed by atoms with Crippen LogP contribution in [0.25, 0.3) is 0 Å². The number of thiophene rings is 1. The quantitative estimate of drug-likeness (QED) is 0.823. The number of nitrogens with two attached hydrogens (primary N) is 1. The topological polar surface area (TPSA) is 26.0 Å². The first-order chi connectivity index (χ1) is 6.20. The summed E-state index contributed by atoms with van der Waals surface area (Å²) < 4.78 is 1.27. The van der Waals surface area contributed by atoms with E-state index in [9.17, 15) is 0 Å². The predicted octanol–water partition coefficient (Wildman–Crippen LogP) is 3.35. The van der Waals surface area contributed by atoms with E-state index < -0.39 is 0 Å². The summed E-state index contributed by atoms with van der Waals surface area (Å²) in [4.78, 5) is 0. The van der Waals surface area contributed by atoms with Gasteiger partial charge in [0, 0.05) is 15.9 Å². The Bertz CT molecular complexity index is 297. The van der Waals surface area contributed by atoms with E-state index in [0.29, 0.717) is 17.9 Å². The number of halogens is 1. The third kappa shape index (κ3) is 1.69. The fraction of sp³-hybridized carbons (Fsp3) is 0.600. The van der Waals surface area contributed by atoms with E-state index in [0.717, 1.165) is 0 Å². The number of hydrogen-bond acceptors (Lipinski definition) is 2. The van der Waals surface area contributed by atoms with Crippen LogP contribution in [0.3, 0.4) is 0 Å². The van der Waals surface area contributed by atoms with Gasteiger partial charge < -0.3 is 5.73 Å². The van der Waals surface area contributed by atoms with Crippen LogP contribution in [0.15, 0.2) is 15.2 Å². The molecule has 0 radical (unpaired) electrons. The van der Waals surface area contributed by atoms with Gasteiger partial charge in [-0.25, -0.2) is 0 Å². The van der Waals surface area contributed by atoms with Crippen LogP contribution in [0.2, 0.25) is 0 Å². The van der Waals surface area contributed by atoms with Crippen LogP contribution in [0.1, 0.15) is 31.2 Å². The Morgan fingerprint density at radius 2 is 2.23 bits per heavy atom. The Kier molecular flexibility index (Phi) is 2.77. The number of rotatable bonds is 1. The first-order valence-electron chi connectivity index (χ1n) is 4.67. The van der Waals surface area contributed by atoms with E-state index in [2.05, 4.69) is 33.6 Å². The highest BCUT2D eigenvalue weighted by molar-refractivity contribution is 9.10. The average Bonchev–Trinajstić information content (AvgIpc) is 2.62. The predicted molar refractivity (Wildman–Crippen MR) is 61.1 cm³/mol. The van der Waals surface area contributed by atoms with Crippen molar-refractivity contribution in [2.24, 2.45) is 11.7 Å². The Balaban J connectivity index is 2.23. The van der Waals surface area contributed by atoms with Gasteiger partial charge in [0.1, 0.15) is 0 Å². The molecule has 0 saturated heterocycles. The van der Waals surface area contributed by atoms with E-state index in [-0.39, 0.29) is 0 Å². The fourth-order valence-corrected chi connectivity index (χ4v) is 3.85. The number of hydrogen-bond donors (Lipinski definition) is 1. The van der Waals surface area contributed by atoms with Crippen molar-refractivity contribution in [2.75, 3.05) is 0 Å². The normalized spacial score (nSPS) is 33.9. The molecule has 0 amide bonds. The third-order valence-corrected chi connectivity index (χ3v) is 4.91. The molecule has 0 aliphatic heterocycles. The molecule has 3 heteroatoms. The maximum Gasteiger partial charge on any atom is 0.0317 e. The monoisotopic (exact) mass is 259 g/mol. The van der Waals surface area contributed by atoms with Gasteiger partial charge in [0.05, 0.1) is 0 Å². The second-order valence-corrected chi connectivity index (χ2v) is 5.48. The largest absolute Gasteiger partial charge is 0.327 e. The fourth-order valence-electron chi connectivity index (χ4n) is 2.19. The maximum absolute atomic E-state index is 6.01. The van der Waals surface area contributed by atoms with Crippen LogP contribution >= 0.6 is 27.3 Å². The van der Waals surface area contributed by atoms with Gasteiger partial charge in [0.15, 0.2) is 0 Å². The van der Waals surface area contributed by atoms with E-state index >= 15 is 0 Å². The summed E-state index contributed by atoms with van der Waals surface area (Å²) in [6.45, 7) is 2.27. The third-order valence-electron chi connectivity index (χ3n) is 3.16. The summed E-state index contributed by atoms with van der Waals surface area (Å²) in [5.41, 5.74) is 7.48. The summed E-state index contributed by atoms with van der Waals surface area (Å²) >= 11 is 5.36. The minimum Gasteiger partial charge on any atom is -0.327 e. The first-order valence-corrected chi connectivity index (χ1v) is 6.41. The lowest BCUT2D eigenvalue weighted by molar-refractivity contribution is 0.479. The highest BCUT2D eigenvalue weighted by Gasteiger charge is 2.32. The van der Waals surface area contributed by atoms with Gasteiger partial charge in [-0.05, 0) is 51.6 Å². The molecule has 1 nitrogen and oxygen atoms in total. The minimum atomic E-state index is 0.400. The summed E-state index contributed by atoms with van der Waals surface area (Å²) in [5.74, 6) is 1.31. The molecule has 1 aromatic heterocycles. The van der Waals surface area contributed by atoms with Crippen LogP contribution in [0, 0.1) is 5.92 Å². The molecule has 1 heterocycles. The van der Waals surface area contributed by atoms with Crippen LogP contribution in [0.4, 0.5) is 0 Å². The van der Waals surface area contributed by atoms with Crippen molar-refractivity contribution >= 4 is 27.3 Å². The van der Waals surface area contributed by atoms with Gasteiger partial charge >= 0.3 is 0 Å². The van der Waals surface area contributed by atoms with Crippen LogP contribution in [0.5, 0.6) is 0 Å². The first kappa shape index (κ1) is 9.69. The van der Waals surface area contributed by atoms with Crippen LogP contribution in [-0.4, -0.2) is 6.04 Å². The Labute approximate surface area is 91.5 Å². The molecule has 1 fully saturated rings. The molecule has 1 aliphatic carbocycles. The van der Waals surface area contributed by atoms with E-state index in [1.165, 1.54) is 22.9 Å². The summed E-state index contributed by atoms with van der Waals surface area (Å²) in [5, 5.41) is 4.41. The van der Waals surface area contributed by atoms with Crippen LogP contribution in [-0.2, 0) is 0 Å². The molecule has 1 aliphatic rings. The van der Waals surface area contributed by atoms with E-state index in [1.807, 2.05) is 0 Å². The Morgan fingerprint density at radius 3 is 2.69 bits per heavy atom. The molecule has 2 N–H and O–H groups in total. The van der Waals surface area contributed by atoms with E-state index in [1.54, 1.807) is 11.3 Å². The van der Waals surface area contributed by atoms with Crippen molar-refractivity contribution in [3.8, 4) is 0 Å². The second kappa shape index (κ2) is 3.71. The maximum atomic E-state index is 6.01. The molecule has 1 saturated carbocycles. The van der Waals surface area contributed by atoms with Gasteiger partial charge in [0.25, 0.3) is 0 Å². The van der Waals surface area contributed by atoms with Gasteiger partial charge in [-0.15, -0.1) is 0 Å². The molecule has 1 aromatic rings. The Hall–Kier alpha value is 0.140. The van der Waals surface area contributed by atoms with Gasteiger partial charge in [-0.3, -0.25) is 0 Å². The standard InChI is InChI=1S/C10H14BrNS/c1-6-7(2-3-10(6)12)8-4-13-5-9(8)11/h4-7,10H,2-3,12H2,1H3. The van der Waals surface area contributed by atoms with Crippen molar-refractivity contribution in [3.63, 3.8) is 0 Å². The minimum absolute atomic E-state index is 0.400.